The summed E-state index contributed by atoms with van der Waals surface area (Å²) in [4.78, 5) is 32.4. The Kier molecular flexibility index (Phi) is 7.73. The summed E-state index contributed by atoms with van der Waals surface area (Å²) in [5.74, 6) is -2.03. The van der Waals surface area contributed by atoms with Crippen molar-refractivity contribution in [3.63, 3.8) is 0 Å². The lowest BCUT2D eigenvalue weighted by atomic mass is 9.63. The molecule has 2 aliphatic carbocycles. The predicted molar refractivity (Wildman–Crippen MR) is 152 cm³/mol. The Morgan fingerprint density at radius 3 is 2.69 bits per heavy atom. The number of fused-ring (bicyclic) bond motifs is 7. The van der Waals surface area contributed by atoms with Crippen molar-refractivity contribution in [3.8, 4) is 0 Å². The molecule has 2 bridgehead atoms. The number of piperidine rings is 1. The number of nitrogens with one attached hydrogen (secondary N) is 2. The number of carbonyl (C=O) groups is 2. The minimum atomic E-state index is -1.54. The van der Waals surface area contributed by atoms with Gasteiger partial charge in [0, 0.05) is 43.4 Å². The molecule has 14 unspecified atom stereocenters. The Morgan fingerprint density at radius 2 is 1.93 bits per heavy atom. The average Bonchev–Trinajstić information content (AvgIpc) is 3.10. The summed E-state index contributed by atoms with van der Waals surface area (Å²) in [6.45, 7) is 10.2. The first kappa shape index (κ1) is 29.2. The summed E-state index contributed by atoms with van der Waals surface area (Å²) in [6, 6.07) is -1.90. The van der Waals surface area contributed by atoms with Crippen LogP contribution in [0.3, 0.4) is 0 Å². The molecule has 0 aromatic heterocycles. The van der Waals surface area contributed by atoms with E-state index in [1.54, 1.807) is 9.80 Å². The minimum Gasteiger partial charge on any atom is -0.374 e. The first-order valence-corrected chi connectivity index (χ1v) is 16.3. The number of carbonyl (C=O) groups excluding carboxylic acids is 2. The van der Waals surface area contributed by atoms with Gasteiger partial charge in [-0.3, -0.25) is 9.69 Å². The van der Waals surface area contributed by atoms with Gasteiger partial charge in [-0.05, 0) is 44.2 Å². The monoisotopic (exact) mass is 611 g/mol. The molecule has 0 aromatic carbocycles. The molecule has 7 fully saturated rings. The lowest BCUT2D eigenvalue weighted by Crippen LogP contribution is -2.79. The number of hydrogen-bond donors (Lipinski definition) is 2. The van der Waals surface area contributed by atoms with E-state index in [0.717, 1.165) is 0 Å². The second-order valence-electron chi connectivity index (χ2n) is 13.8. The van der Waals surface area contributed by atoms with Gasteiger partial charge in [0.2, 0.25) is 5.91 Å². The number of urea groups is 1. The molecule has 5 heterocycles. The van der Waals surface area contributed by atoms with Gasteiger partial charge in [-0.1, -0.05) is 20.4 Å². The third-order valence-corrected chi connectivity index (χ3v) is 11.9. The molecule has 2 N–H and O–H groups in total. The third kappa shape index (κ3) is 4.43. The van der Waals surface area contributed by atoms with E-state index in [9.17, 15) is 9.59 Å². The second-order valence-corrected chi connectivity index (χ2v) is 14.3. The lowest BCUT2D eigenvalue weighted by Gasteiger charge is -2.60. The van der Waals surface area contributed by atoms with Crippen LogP contribution in [0, 0.1) is 23.7 Å². The first-order chi connectivity index (χ1) is 20.2. The van der Waals surface area contributed by atoms with E-state index in [2.05, 4.69) is 36.0 Å². The van der Waals surface area contributed by atoms with Crippen molar-refractivity contribution < 1.29 is 27.8 Å². The van der Waals surface area contributed by atoms with Crippen molar-refractivity contribution in [2.45, 2.75) is 106 Å². The van der Waals surface area contributed by atoms with Crippen LogP contribution in [-0.4, -0.2) is 126 Å². The van der Waals surface area contributed by atoms with Crippen LogP contribution in [0.2, 0.25) is 0 Å². The van der Waals surface area contributed by atoms with E-state index in [4.69, 9.17) is 21.1 Å². The number of rotatable bonds is 2. The molecule has 9 nitrogen and oxygen atoms in total. The highest BCUT2D eigenvalue weighted by Gasteiger charge is 2.67. The quantitative estimate of drug-likeness (QED) is 0.368. The topological polar surface area (TPSA) is 86.4 Å². The molecule has 3 amide bonds. The molecule has 14 atom stereocenters. The molecule has 0 radical (unpaired) electrons. The molecule has 12 heteroatoms. The van der Waals surface area contributed by atoms with E-state index in [1.807, 2.05) is 0 Å². The Bertz CT molecular complexity index is 1090. The van der Waals surface area contributed by atoms with Gasteiger partial charge in [-0.25, -0.2) is 13.6 Å². The third-order valence-electron chi connectivity index (χ3n) is 11.4. The Balaban J connectivity index is 1.35. The number of halogens is 3. The average molecular weight is 612 g/mol. The van der Waals surface area contributed by atoms with E-state index in [1.165, 1.54) is 6.08 Å². The number of piperazine rings is 1. The predicted octanol–water partition coefficient (Wildman–Crippen LogP) is 2.29. The zero-order valence-corrected chi connectivity index (χ0v) is 25.2. The number of alkyl halides is 3. The minimum absolute atomic E-state index is 0.113. The van der Waals surface area contributed by atoms with Crippen LogP contribution in [0.5, 0.6) is 0 Å². The molecule has 0 spiro atoms. The molecule has 5 aliphatic heterocycles. The maximum Gasteiger partial charge on any atom is 0.319 e. The first-order valence-electron chi connectivity index (χ1n) is 15.9. The van der Waals surface area contributed by atoms with E-state index in [-0.39, 0.29) is 42.7 Å². The normalized spacial score (nSPS) is 48.9. The van der Waals surface area contributed by atoms with Crippen LogP contribution in [0.15, 0.2) is 12.7 Å². The molecule has 7 rings (SSSR count). The molecular formula is C30H44ClF2N5O4. The summed E-state index contributed by atoms with van der Waals surface area (Å²) in [6.07, 6.45) is -1.04. The fourth-order valence-electron chi connectivity index (χ4n) is 9.63. The summed E-state index contributed by atoms with van der Waals surface area (Å²) >= 11 is 7.26. The molecule has 7 aliphatic rings. The highest BCUT2D eigenvalue weighted by Crippen LogP contribution is 2.53. The maximum absolute atomic E-state index is 17.5. The zero-order valence-electron chi connectivity index (χ0n) is 24.4. The largest absolute Gasteiger partial charge is 0.374 e. The van der Waals surface area contributed by atoms with Crippen molar-refractivity contribution in [1.29, 1.82) is 0 Å². The van der Waals surface area contributed by atoms with Crippen LogP contribution >= 0.6 is 11.6 Å². The van der Waals surface area contributed by atoms with Crippen molar-refractivity contribution in [1.82, 2.24) is 25.3 Å². The van der Waals surface area contributed by atoms with Crippen LogP contribution in [0.25, 0.3) is 0 Å². The molecule has 5 saturated heterocycles. The summed E-state index contributed by atoms with van der Waals surface area (Å²) < 4.78 is 46.9. The lowest BCUT2D eigenvalue weighted by molar-refractivity contribution is -0.134. The van der Waals surface area contributed by atoms with Crippen LogP contribution < -0.4 is 10.6 Å². The van der Waals surface area contributed by atoms with Gasteiger partial charge in [0.25, 0.3) is 0 Å². The standard InChI is InChI=1S/C30H44ClF2N5O4/c1-4-19(39)36-10-11-37-15(12-36)13-41-28-22-27-24(33)21(23(28)31)20-16(32)6-5-7-17(20)42-18-8-9-34-25(14(2)3)26(18)38(27)30(40)35-29(22)37/h4,14-18,20-29,34H,1,5-13H2,2-3H3,(H,35,40). The van der Waals surface area contributed by atoms with Crippen molar-refractivity contribution >= 4 is 23.5 Å². The number of amides is 3. The van der Waals surface area contributed by atoms with Crippen molar-refractivity contribution in [2.75, 3.05) is 32.8 Å². The van der Waals surface area contributed by atoms with Crippen molar-refractivity contribution in [2.24, 2.45) is 23.7 Å². The van der Waals surface area contributed by atoms with E-state index >= 15 is 8.78 Å². The van der Waals surface area contributed by atoms with Gasteiger partial charge in [0.05, 0.1) is 54.6 Å². The summed E-state index contributed by atoms with van der Waals surface area (Å²) in [5, 5.41) is 6.08. The van der Waals surface area contributed by atoms with Crippen LogP contribution in [0.1, 0.15) is 39.5 Å². The summed E-state index contributed by atoms with van der Waals surface area (Å²) in [5.41, 5.74) is 0. The zero-order chi connectivity index (χ0) is 29.4. The number of nitrogens with zero attached hydrogens (tertiary/aromatic N) is 3. The van der Waals surface area contributed by atoms with Gasteiger partial charge in [0.1, 0.15) is 12.3 Å². The maximum atomic E-state index is 17.5. The number of hydrogen-bond acceptors (Lipinski definition) is 6. The van der Waals surface area contributed by atoms with Gasteiger partial charge in [0.15, 0.2) is 0 Å². The Morgan fingerprint density at radius 1 is 1.12 bits per heavy atom. The molecule has 42 heavy (non-hydrogen) atoms. The summed E-state index contributed by atoms with van der Waals surface area (Å²) in [7, 11) is 0. The number of ether oxygens (including phenoxy) is 2. The van der Waals surface area contributed by atoms with Crippen LogP contribution in [-0.2, 0) is 14.3 Å². The van der Waals surface area contributed by atoms with Gasteiger partial charge >= 0.3 is 6.03 Å². The molecule has 0 aromatic rings. The molecule has 234 valence electrons. The SMILES string of the molecule is C=CC(=O)N1CCN2C(COC3C(Cl)C4C(F)C5C3C2NC(=O)N5C2C(CCNC2C(C)C)OC2CCCC(F)C24)C1. The van der Waals surface area contributed by atoms with E-state index < -0.39 is 65.9 Å². The van der Waals surface area contributed by atoms with E-state index in [0.29, 0.717) is 51.9 Å². The van der Waals surface area contributed by atoms with Crippen LogP contribution in [0.4, 0.5) is 13.6 Å². The highest BCUT2D eigenvalue weighted by atomic mass is 35.5. The smallest absolute Gasteiger partial charge is 0.319 e. The molecular weight excluding hydrogens is 568 g/mol. The van der Waals surface area contributed by atoms with Gasteiger partial charge in [-0.15, -0.1) is 11.6 Å². The Labute approximate surface area is 251 Å². The Hall–Kier alpha value is -1.53. The van der Waals surface area contributed by atoms with Gasteiger partial charge < -0.3 is 29.9 Å². The van der Waals surface area contributed by atoms with Crippen molar-refractivity contribution in [3.05, 3.63) is 12.7 Å². The highest BCUT2D eigenvalue weighted by molar-refractivity contribution is 6.21. The second kappa shape index (κ2) is 11.1. The fraction of sp³-hybridized carbons (Fsp3) is 0.867. The van der Waals surface area contributed by atoms with Gasteiger partial charge in [-0.2, -0.15) is 0 Å². The fourth-order valence-corrected chi connectivity index (χ4v) is 10.2. The molecule has 2 saturated carbocycles.